The second kappa shape index (κ2) is 5.53. The Hall–Kier alpha value is 0.660. The van der Waals surface area contributed by atoms with Crippen LogP contribution in [0.3, 0.4) is 0 Å². The highest BCUT2D eigenvalue weighted by Gasteiger charge is 2.39. The topological polar surface area (TPSA) is 12.0 Å². The first-order valence-corrected chi connectivity index (χ1v) is 9.16. The van der Waals surface area contributed by atoms with Crippen molar-refractivity contribution in [1.29, 1.82) is 0 Å². The molecule has 2 saturated carbocycles. The second-order valence-electron chi connectivity index (χ2n) is 5.55. The lowest BCUT2D eigenvalue weighted by Gasteiger charge is -2.25. The molecule has 2 aliphatic carbocycles. The molecule has 16 heavy (non-hydrogen) atoms. The quantitative estimate of drug-likeness (QED) is 0.817. The fourth-order valence-corrected chi connectivity index (χ4v) is 6.21. The molecule has 0 spiro atoms. The van der Waals surface area contributed by atoms with E-state index in [4.69, 9.17) is 0 Å². The van der Waals surface area contributed by atoms with Gasteiger partial charge >= 0.3 is 0 Å². The van der Waals surface area contributed by atoms with E-state index < -0.39 is 0 Å². The van der Waals surface area contributed by atoms with E-state index in [0.29, 0.717) is 0 Å². The van der Waals surface area contributed by atoms with Crippen molar-refractivity contribution in [3.8, 4) is 0 Å². The minimum atomic E-state index is 0.793. The van der Waals surface area contributed by atoms with E-state index in [1.807, 2.05) is 0 Å². The van der Waals surface area contributed by atoms with Crippen LogP contribution in [-0.2, 0) is 0 Å². The lowest BCUT2D eigenvalue weighted by Crippen LogP contribution is -2.43. The zero-order chi connectivity index (χ0) is 10.8. The number of thioether (sulfide) groups is 2. The third kappa shape index (κ3) is 2.56. The third-order valence-electron chi connectivity index (χ3n) is 4.54. The van der Waals surface area contributed by atoms with Gasteiger partial charge in [0, 0.05) is 35.1 Å². The molecule has 1 saturated heterocycles. The summed E-state index contributed by atoms with van der Waals surface area (Å²) >= 11 is 4.30. The van der Waals surface area contributed by atoms with Crippen molar-refractivity contribution in [3.05, 3.63) is 0 Å². The summed E-state index contributed by atoms with van der Waals surface area (Å²) in [7, 11) is 0. The maximum Gasteiger partial charge on any atom is 0.0251 e. The maximum absolute atomic E-state index is 3.99. The van der Waals surface area contributed by atoms with Crippen molar-refractivity contribution < 1.29 is 0 Å². The largest absolute Gasteiger partial charge is 0.309 e. The highest BCUT2D eigenvalue weighted by molar-refractivity contribution is 8.03. The molecule has 3 fully saturated rings. The van der Waals surface area contributed by atoms with Gasteiger partial charge in [-0.25, -0.2) is 0 Å². The van der Waals surface area contributed by atoms with Gasteiger partial charge in [-0.2, -0.15) is 23.5 Å². The molecule has 0 bridgehead atoms. The molecule has 1 aliphatic heterocycles. The molecular weight excluding hydrogens is 234 g/mol. The minimum Gasteiger partial charge on any atom is -0.309 e. The Kier molecular flexibility index (Phi) is 4.06. The summed E-state index contributed by atoms with van der Waals surface area (Å²) in [6, 6.07) is 1.67. The molecule has 92 valence electrons. The molecule has 3 atom stereocenters. The molecule has 3 heteroatoms. The SMILES string of the molecule is C1C[C@H]2CC[C@H](NC3CSCCSC3)[C@H]2C1. The van der Waals surface area contributed by atoms with E-state index in [1.54, 1.807) is 0 Å². The van der Waals surface area contributed by atoms with Crippen LogP contribution in [0.2, 0.25) is 0 Å². The van der Waals surface area contributed by atoms with Crippen molar-refractivity contribution in [2.24, 2.45) is 11.8 Å². The lowest BCUT2D eigenvalue weighted by atomic mass is 9.97. The summed E-state index contributed by atoms with van der Waals surface area (Å²) in [5.74, 6) is 7.54. The van der Waals surface area contributed by atoms with Crippen LogP contribution in [0.4, 0.5) is 0 Å². The maximum atomic E-state index is 3.99. The van der Waals surface area contributed by atoms with Crippen molar-refractivity contribution >= 4 is 23.5 Å². The highest BCUT2D eigenvalue weighted by Crippen LogP contribution is 2.44. The first-order chi connectivity index (χ1) is 7.93. The van der Waals surface area contributed by atoms with Crippen LogP contribution < -0.4 is 5.32 Å². The second-order valence-corrected chi connectivity index (χ2v) is 7.85. The van der Waals surface area contributed by atoms with Crippen LogP contribution in [0, 0.1) is 11.8 Å². The van der Waals surface area contributed by atoms with E-state index in [0.717, 1.165) is 23.9 Å². The minimum absolute atomic E-state index is 0.793. The summed E-state index contributed by atoms with van der Waals surface area (Å²) in [5, 5.41) is 3.99. The van der Waals surface area contributed by atoms with Crippen LogP contribution in [0.5, 0.6) is 0 Å². The Morgan fingerprint density at radius 3 is 2.50 bits per heavy atom. The molecule has 0 aromatic rings. The zero-order valence-electron chi connectivity index (χ0n) is 9.99. The zero-order valence-corrected chi connectivity index (χ0v) is 11.6. The fourth-order valence-electron chi connectivity index (χ4n) is 3.78. The van der Waals surface area contributed by atoms with Gasteiger partial charge in [0.05, 0.1) is 0 Å². The van der Waals surface area contributed by atoms with E-state index in [9.17, 15) is 0 Å². The van der Waals surface area contributed by atoms with E-state index in [2.05, 4.69) is 28.8 Å². The molecule has 0 amide bonds. The smallest absolute Gasteiger partial charge is 0.0251 e. The lowest BCUT2D eigenvalue weighted by molar-refractivity contribution is 0.351. The van der Waals surface area contributed by atoms with E-state index in [1.165, 1.54) is 55.1 Å². The molecule has 1 nitrogen and oxygen atoms in total. The number of nitrogens with one attached hydrogen (secondary N) is 1. The van der Waals surface area contributed by atoms with Crippen molar-refractivity contribution in [3.63, 3.8) is 0 Å². The van der Waals surface area contributed by atoms with Crippen LogP contribution in [-0.4, -0.2) is 35.1 Å². The standard InChI is InChI=1S/C13H23NS2/c1-2-10-4-5-13(12(10)3-1)14-11-8-15-6-7-16-9-11/h10-14H,1-9H2/t10-,12-,13-/m0/s1. The van der Waals surface area contributed by atoms with Crippen LogP contribution >= 0.6 is 23.5 Å². The predicted octanol–water partition coefficient (Wildman–Crippen LogP) is 3.00. The average Bonchev–Trinajstić information content (AvgIpc) is 2.78. The molecule has 1 N–H and O–H groups in total. The molecule has 0 unspecified atom stereocenters. The van der Waals surface area contributed by atoms with Crippen LogP contribution in [0.15, 0.2) is 0 Å². The summed E-state index contributed by atoms with van der Waals surface area (Å²) in [6.07, 6.45) is 7.50. The van der Waals surface area contributed by atoms with Crippen molar-refractivity contribution in [2.45, 2.75) is 44.2 Å². The molecular formula is C13H23NS2. The summed E-state index contributed by atoms with van der Waals surface area (Å²) in [5.41, 5.74) is 0. The predicted molar refractivity (Wildman–Crippen MR) is 75.4 cm³/mol. The Morgan fingerprint density at radius 1 is 0.875 bits per heavy atom. The third-order valence-corrected chi connectivity index (χ3v) is 7.06. The molecule has 0 aromatic heterocycles. The molecule has 0 aromatic carbocycles. The van der Waals surface area contributed by atoms with Gasteiger partial charge < -0.3 is 5.32 Å². The Bertz CT molecular complexity index is 226. The van der Waals surface area contributed by atoms with Gasteiger partial charge in [0.25, 0.3) is 0 Å². The summed E-state index contributed by atoms with van der Waals surface area (Å²) in [6.45, 7) is 0. The first-order valence-electron chi connectivity index (χ1n) is 6.85. The van der Waals surface area contributed by atoms with E-state index >= 15 is 0 Å². The van der Waals surface area contributed by atoms with Gasteiger partial charge in [-0.15, -0.1) is 0 Å². The van der Waals surface area contributed by atoms with Crippen LogP contribution in [0.1, 0.15) is 32.1 Å². The fraction of sp³-hybridized carbons (Fsp3) is 1.00. The first kappa shape index (κ1) is 11.7. The number of hydrogen-bond acceptors (Lipinski definition) is 3. The normalized spacial score (nSPS) is 40.9. The van der Waals surface area contributed by atoms with E-state index in [-0.39, 0.29) is 0 Å². The van der Waals surface area contributed by atoms with Gasteiger partial charge in [-0.1, -0.05) is 12.8 Å². The van der Waals surface area contributed by atoms with Gasteiger partial charge in [-0.3, -0.25) is 0 Å². The van der Waals surface area contributed by atoms with Gasteiger partial charge in [0.2, 0.25) is 0 Å². The van der Waals surface area contributed by atoms with Gasteiger partial charge in [-0.05, 0) is 31.1 Å². The molecule has 0 radical (unpaired) electrons. The Morgan fingerprint density at radius 2 is 1.69 bits per heavy atom. The highest BCUT2D eigenvalue weighted by atomic mass is 32.2. The Labute approximate surface area is 108 Å². The summed E-state index contributed by atoms with van der Waals surface area (Å²) in [4.78, 5) is 0. The molecule has 1 heterocycles. The Balaban J connectivity index is 1.53. The number of hydrogen-bond donors (Lipinski definition) is 1. The van der Waals surface area contributed by atoms with Crippen LogP contribution in [0.25, 0.3) is 0 Å². The number of fused-ring (bicyclic) bond motifs is 1. The number of rotatable bonds is 2. The van der Waals surface area contributed by atoms with Crippen molar-refractivity contribution in [2.75, 3.05) is 23.0 Å². The molecule has 3 aliphatic rings. The van der Waals surface area contributed by atoms with Gasteiger partial charge in [0.1, 0.15) is 0 Å². The average molecular weight is 257 g/mol. The summed E-state index contributed by atoms with van der Waals surface area (Å²) < 4.78 is 0. The van der Waals surface area contributed by atoms with Gasteiger partial charge in [0.15, 0.2) is 0 Å². The molecule has 3 rings (SSSR count). The van der Waals surface area contributed by atoms with Crippen molar-refractivity contribution in [1.82, 2.24) is 5.32 Å². The monoisotopic (exact) mass is 257 g/mol.